The van der Waals surface area contributed by atoms with Gasteiger partial charge in [-0.2, -0.15) is 0 Å². The average molecular weight is 341 g/mol. The van der Waals surface area contributed by atoms with Crippen LogP contribution in [0.25, 0.3) is 22.0 Å². The minimum absolute atomic E-state index is 0. The van der Waals surface area contributed by atoms with Gasteiger partial charge in [-0.15, -0.1) is 22.6 Å². The van der Waals surface area contributed by atoms with Crippen LogP contribution in [0.3, 0.4) is 0 Å². The van der Waals surface area contributed by atoms with Gasteiger partial charge in [0.1, 0.15) is 0 Å². The van der Waals surface area contributed by atoms with Crippen molar-refractivity contribution in [3.05, 3.63) is 48.8 Å². The quantitative estimate of drug-likeness (QED) is 0.689. The molecule has 0 radical (unpaired) electrons. The number of hydrogen-bond donors (Lipinski definition) is 0. The third-order valence-electron chi connectivity index (χ3n) is 4.81. The number of aromatic nitrogens is 3. The maximum Gasteiger partial charge on any atom is 0.151 e. The van der Waals surface area contributed by atoms with Gasteiger partial charge in [-0.1, -0.05) is 24.3 Å². The molecule has 0 N–H and O–H groups in total. The molecule has 4 nitrogen and oxygen atoms in total. The van der Waals surface area contributed by atoms with Gasteiger partial charge in [-0.25, -0.2) is 0 Å². The highest BCUT2D eigenvalue weighted by molar-refractivity contribution is 5.94. The molecule has 4 rings (SSSR count). The molecule has 3 heterocycles. The van der Waals surface area contributed by atoms with Crippen LogP contribution in [-0.4, -0.2) is 27.3 Å². The monoisotopic (exact) mass is 340 g/mol. The van der Waals surface area contributed by atoms with E-state index in [0.29, 0.717) is 12.1 Å². The Bertz CT molecular complexity index is 819. The van der Waals surface area contributed by atoms with Crippen LogP contribution in [-0.2, 0) is 0 Å². The first-order chi connectivity index (χ1) is 11.2. The molecule has 1 saturated heterocycles. The molecule has 1 aliphatic heterocycles. The van der Waals surface area contributed by atoms with Gasteiger partial charge in [0.2, 0.25) is 0 Å². The van der Waals surface area contributed by atoms with E-state index in [2.05, 4.69) is 58.2 Å². The van der Waals surface area contributed by atoms with Crippen molar-refractivity contribution in [2.45, 2.75) is 38.8 Å². The molecular weight excluding hydrogens is 320 g/mol. The molecule has 2 atom stereocenters. The molecule has 1 aliphatic rings. The van der Waals surface area contributed by atoms with E-state index < -0.39 is 0 Å². The highest BCUT2D eigenvalue weighted by Crippen LogP contribution is 2.30. The van der Waals surface area contributed by atoms with E-state index >= 15 is 0 Å². The van der Waals surface area contributed by atoms with Crippen molar-refractivity contribution in [3.63, 3.8) is 0 Å². The third-order valence-corrected chi connectivity index (χ3v) is 4.81. The van der Waals surface area contributed by atoms with Crippen molar-refractivity contribution in [3.8, 4) is 11.3 Å². The predicted molar refractivity (Wildman–Crippen MR) is 101 cm³/mol. The second kappa shape index (κ2) is 6.73. The number of benzene rings is 1. The first-order valence-electron chi connectivity index (χ1n) is 8.19. The number of halogens is 1. The zero-order chi connectivity index (χ0) is 15.8. The molecule has 2 aromatic heterocycles. The number of hydrogen-bond acceptors (Lipinski definition) is 4. The van der Waals surface area contributed by atoms with Crippen LogP contribution in [0.15, 0.2) is 48.8 Å². The molecule has 3 aromatic rings. The fraction of sp³-hybridized carbons (Fsp3) is 0.316. The van der Waals surface area contributed by atoms with Gasteiger partial charge in [0.15, 0.2) is 5.82 Å². The Hall–Kier alpha value is -2.20. The maximum atomic E-state index is 4.49. The number of rotatable bonds is 2. The molecule has 5 heteroatoms. The number of fused-ring (bicyclic) bond motifs is 1. The molecule has 1 fully saturated rings. The van der Waals surface area contributed by atoms with Gasteiger partial charge < -0.3 is 4.90 Å². The summed E-state index contributed by atoms with van der Waals surface area (Å²) in [5.74, 6) is 0.972. The van der Waals surface area contributed by atoms with E-state index in [1.807, 2.05) is 24.5 Å². The Morgan fingerprint density at radius 1 is 0.917 bits per heavy atom. The van der Waals surface area contributed by atoms with Crippen LogP contribution in [0.5, 0.6) is 0 Å². The second-order valence-electron chi connectivity index (χ2n) is 6.37. The molecule has 0 aliphatic carbocycles. The topological polar surface area (TPSA) is 41.9 Å². The van der Waals surface area contributed by atoms with Gasteiger partial charge in [0.25, 0.3) is 0 Å². The Kier molecular flexibility index (Phi) is 4.67. The second-order valence-corrected chi connectivity index (χ2v) is 6.37. The fourth-order valence-electron chi connectivity index (χ4n) is 3.57. The highest BCUT2D eigenvalue weighted by Gasteiger charge is 2.28. The molecule has 0 saturated carbocycles. The van der Waals surface area contributed by atoms with Crippen molar-refractivity contribution in [2.24, 2.45) is 0 Å². The van der Waals surface area contributed by atoms with E-state index in [4.69, 9.17) is 0 Å². The lowest BCUT2D eigenvalue weighted by atomic mass is 10.1. The van der Waals surface area contributed by atoms with Crippen molar-refractivity contribution < 1.29 is 0 Å². The third kappa shape index (κ3) is 2.82. The van der Waals surface area contributed by atoms with Gasteiger partial charge in [-0.05, 0) is 44.2 Å². The fourth-order valence-corrected chi connectivity index (χ4v) is 3.57. The zero-order valence-corrected chi connectivity index (χ0v) is 14.7. The molecule has 0 amide bonds. The van der Waals surface area contributed by atoms with Crippen molar-refractivity contribution in [2.75, 3.05) is 4.90 Å². The summed E-state index contributed by atoms with van der Waals surface area (Å²) in [7, 11) is 0. The van der Waals surface area contributed by atoms with Crippen LogP contribution in [0.1, 0.15) is 26.7 Å². The molecule has 0 bridgehead atoms. The zero-order valence-electron chi connectivity index (χ0n) is 13.9. The highest BCUT2D eigenvalue weighted by atomic mass is 35.5. The smallest absolute Gasteiger partial charge is 0.151 e. The van der Waals surface area contributed by atoms with Crippen molar-refractivity contribution in [1.82, 2.24) is 15.2 Å². The molecule has 124 valence electrons. The summed E-state index contributed by atoms with van der Waals surface area (Å²) in [5, 5.41) is 11.3. The number of pyridine rings is 1. The largest absolute Gasteiger partial charge is 0.350 e. The lowest BCUT2D eigenvalue weighted by Crippen LogP contribution is -2.33. The molecule has 0 spiro atoms. The summed E-state index contributed by atoms with van der Waals surface area (Å²) in [6.07, 6.45) is 6.19. The van der Waals surface area contributed by atoms with E-state index in [1.54, 1.807) is 0 Å². The van der Waals surface area contributed by atoms with Gasteiger partial charge in [0.05, 0.1) is 5.69 Å². The summed E-state index contributed by atoms with van der Waals surface area (Å²) >= 11 is 0. The number of nitrogens with zero attached hydrogens (tertiary/aromatic N) is 4. The van der Waals surface area contributed by atoms with E-state index in [0.717, 1.165) is 27.8 Å². The lowest BCUT2D eigenvalue weighted by Gasteiger charge is -2.26. The molecule has 24 heavy (non-hydrogen) atoms. The first kappa shape index (κ1) is 16.7. The standard InChI is InChI=1S/C19H20N4.ClH/c1-13-7-8-14(2)23(13)19-10-9-18(21-22-19)17-12-20-11-15-5-3-4-6-16(15)17;/h3-6,9-14H,7-8H2,1-2H3;1H/t13-,14+;. The average Bonchev–Trinajstić information content (AvgIpc) is 2.93. The molecule has 1 aromatic carbocycles. The summed E-state index contributed by atoms with van der Waals surface area (Å²) in [6.45, 7) is 4.52. The summed E-state index contributed by atoms with van der Waals surface area (Å²) in [6, 6.07) is 13.5. The molecule has 0 unspecified atom stereocenters. The van der Waals surface area contributed by atoms with Gasteiger partial charge in [0, 0.05) is 35.4 Å². The first-order valence-corrected chi connectivity index (χ1v) is 8.19. The normalized spacial score (nSPS) is 20.2. The van der Waals surface area contributed by atoms with Crippen molar-refractivity contribution >= 4 is 29.0 Å². The van der Waals surface area contributed by atoms with Crippen LogP contribution < -0.4 is 4.90 Å². The van der Waals surface area contributed by atoms with E-state index in [-0.39, 0.29) is 12.4 Å². The van der Waals surface area contributed by atoms with Crippen LogP contribution in [0.4, 0.5) is 5.82 Å². The summed E-state index contributed by atoms with van der Waals surface area (Å²) in [4.78, 5) is 6.71. The number of anilines is 1. The Labute approximate surface area is 148 Å². The van der Waals surface area contributed by atoms with Crippen LogP contribution >= 0.6 is 12.4 Å². The van der Waals surface area contributed by atoms with E-state index in [1.165, 1.54) is 12.8 Å². The summed E-state index contributed by atoms with van der Waals surface area (Å²) in [5.41, 5.74) is 1.90. The van der Waals surface area contributed by atoms with Crippen LogP contribution in [0.2, 0.25) is 0 Å². The summed E-state index contributed by atoms with van der Waals surface area (Å²) < 4.78 is 0. The lowest BCUT2D eigenvalue weighted by molar-refractivity contribution is 0.676. The Morgan fingerprint density at radius 2 is 1.67 bits per heavy atom. The minimum atomic E-state index is 0. The predicted octanol–water partition coefficient (Wildman–Crippen LogP) is 4.49. The SMILES string of the molecule is C[C@@H]1CC[C@H](C)N1c1ccc(-c2cncc3ccccc23)nn1.Cl. The van der Waals surface area contributed by atoms with Gasteiger partial charge in [-0.3, -0.25) is 4.98 Å². The van der Waals surface area contributed by atoms with E-state index in [9.17, 15) is 0 Å². The Balaban J connectivity index is 0.00000169. The van der Waals surface area contributed by atoms with Crippen molar-refractivity contribution in [1.29, 1.82) is 0 Å². The van der Waals surface area contributed by atoms with Crippen LogP contribution in [0, 0.1) is 0 Å². The Morgan fingerprint density at radius 3 is 2.38 bits per heavy atom. The van der Waals surface area contributed by atoms with Gasteiger partial charge >= 0.3 is 0 Å². The maximum absolute atomic E-state index is 4.49. The molecular formula is C19H21ClN4. The minimum Gasteiger partial charge on any atom is -0.350 e.